The molecular formula is C18H20F2N4O. The number of carbonyl (C=O) groups is 1. The summed E-state index contributed by atoms with van der Waals surface area (Å²) >= 11 is 0. The van der Waals surface area contributed by atoms with Crippen molar-refractivity contribution in [3.05, 3.63) is 46.9 Å². The third-order valence-electron chi connectivity index (χ3n) is 4.36. The molecule has 1 aliphatic carbocycles. The molecule has 0 bridgehead atoms. The lowest BCUT2D eigenvalue weighted by atomic mass is 9.99. The largest absolute Gasteiger partial charge is 0.385 e. The van der Waals surface area contributed by atoms with Crippen molar-refractivity contribution >= 4 is 17.3 Å². The van der Waals surface area contributed by atoms with Gasteiger partial charge in [0.25, 0.3) is 6.43 Å². The van der Waals surface area contributed by atoms with E-state index in [4.69, 9.17) is 5.73 Å². The number of hydrogen-bond donors (Lipinski definition) is 2. The predicted molar refractivity (Wildman–Crippen MR) is 91.6 cm³/mol. The van der Waals surface area contributed by atoms with E-state index in [0.717, 1.165) is 18.4 Å². The first-order chi connectivity index (χ1) is 12.0. The van der Waals surface area contributed by atoms with E-state index < -0.39 is 6.43 Å². The highest BCUT2D eigenvalue weighted by Crippen LogP contribution is 2.34. The molecule has 1 aliphatic rings. The lowest BCUT2D eigenvalue weighted by Crippen LogP contribution is -2.09. The minimum absolute atomic E-state index is 0.0481. The Morgan fingerprint density at radius 3 is 2.80 bits per heavy atom. The molecule has 2 heterocycles. The van der Waals surface area contributed by atoms with Gasteiger partial charge in [0, 0.05) is 43.0 Å². The molecule has 2 aromatic rings. The summed E-state index contributed by atoms with van der Waals surface area (Å²) in [5.74, 6) is 0.423. The summed E-state index contributed by atoms with van der Waals surface area (Å²) < 4.78 is 27.0. The zero-order valence-corrected chi connectivity index (χ0v) is 13.9. The SMILES string of the molecule is CNc1c(N)ncc(Cc2ccnc(CC(=O)C3CC3)c2)c1C(F)F. The molecule has 0 spiro atoms. The number of Topliss-reactive ketones (excluding diaryl/α,β-unsaturated/α-hetero) is 1. The van der Waals surface area contributed by atoms with Crippen molar-refractivity contribution in [1.29, 1.82) is 0 Å². The fraction of sp³-hybridized carbons (Fsp3) is 0.389. The first-order valence-electron chi connectivity index (χ1n) is 8.19. The molecule has 0 aliphatic heterocycles. The standard InChI is InChI=1S/C18H20F2N4O/c1-22-16-15(17(19)20)12(9-24-18(16)21)6-10-4-5-23-13(7-10)8-14(25)11-2-3-11/h4-5,7,9,11,17,22H,2-3,6,8H2,1H3,(H2,21,24). The second-order valence-corrected chi connectivity index (χ2v) is 6.26. The normalized spacial score (nSPS) is 13.9. The quantitative estimate of drug-likeness (QED) is 0.805. The molecule has 0 saturated heterocycles. The summed E-state index contributed by atoms with van der Waals surface area (Å²) in [5, 5.41) is 2.70. The van der Waals surface area contributed by atoms with Gasteiger partial charge in [-0.15, -0.1) is 0 Å². The second kappa shape index (κ2) is 7.13. The maximum atomic E-state index is 13.5. The number of hydrogen-bond acceptors (Lipinski definition) is 5. The Kier molecular flexibility index (Phi) is 4.92. The molecule has 1 saturated carbocycles. The Balaban J connectivity index is 1.86. The maximum absolute atomic E-state index is 13.5. The van der Waals surface area contributed by atoms with Gasteiger partial charge in [-0.25, -0.2) is 13.8 Å². The summed E-state index contributed by atoms with van der Waals surface area (Å²) in [7, 11) is 1.54. The number of nitrogen functional groups attached to an aromatic ring is 1. The van der Waals surface area contributed by atoms with Crippen LogP contribution in [0.25, 0.3) is 0 Å². The van der Waals surface area contributed by atoms with Crippen LogP contribution in [0.2, 0.25) is 0 Å². The molecule has 0 aromatic carbocycles. The van der Waals surface area contributed by atoms with Crippen LogP contribution in [0.5, 0.6) is 0 Å². The Bertz CT molecular complexity index is 791. The van der Waals surface area contributed by atoms with E-state index in [2.05, 4.69) is 15.3 Å². The Hall–Kier alpha value is -2.57. The van der Waals surface area contributed by atoms with Gasteiger partial charge >= 0.3 is 0 Å². The van der Waals surface area contributed by atoms with Gasteiger partial charge in [-0.05, 0) is 42.5 Å². The van der Waals surface area contributed by atoms with Crippen molar-refractivity contribution in [2.75, 3.05) is 18.1 Å². The zero-order valence-electron chi connectivity index (χ0n) is 13.9. The highest BCUT2D eigenvalue weighted by atomic mass is 19.3. The highest BCUT2D eigenvalue weighted by molar-refractivity contribution is 5.84. The van der Waals surface area contributed by atoms with Crippen molar-refractivity contribution in [3.63, 3.8) is 0 Å². The smallest absolute Gasteiger partial charge is 0.266 e. The molecule has 3 N–H and O–H groups in total. The second-order valence-electron chi connectivity index (χ2n) is 6.26. The average Bonchev–Trinajstić information content (AvgIpc) is 3.41. The van der Waals surface area contributed by atoms with Gasteiger partial charge in [0.15, 0.2) is 0 Å². The molecule has 5 nitrogen and oxygen atoms in total. The molecule has 0 atom stereocenters. The van der Waals surface area contributed by atoms with Gasteiger partial charge in [-0.3, -0.25) is 9.78 Å². The number of rotatable bonds is 7. The number of anilines is 2. The zero-order chi connectivity index (χ0) is 18.0. The molecular weight excluding hydrogens is 326 g/mol. The number of nitrogens with zero attached hydrogens (tertiary/aromatic N) is 2. The first-order valence-corrected chi connectivity index (χ1v) is 8.19. The van der Waals surface area contributed by atoms with Crippen LogP contribution in [0.15, 0.2) is 24.5 Å². The number of halogens is 2. The van der Waals surface area contributed by atoms with Gasteiger partial charge in [-0.2, -0.15) is 0 Å². The molecule has 2 aromatic heterocycles. The molecule has 132 valence electrons. The van der Waals surface area contributed by atoms with Gasteiger partial charge in [0.05, 0.1) is 5.69 Å². The average molecular weight is 346 g/mol. The third-order valence-corrected chi connectivity index (χ3v) is 4.36. The van der Waals surface area contributed by atoms with Crippen LogP contribution in [0, 0.1) is 5.92 Å². The molecule has 0 amide bonds. The molecule has 0 radical (unpaired) electrons. The van der Waals surface area contributed by atoms with Gasteiger partial charge in [-0.1, -0.05) is 0 Å². The number of pyridine rings is 2. The van der Waals surface area contributed by atoms with E-state index in [9.17, 15) is 13.6 Å². The number of nitrogens with one attached hydrogen (secondary N) is 1. The van der Waals surface area contributed by atoms with Crippen LogP contribution in [0.4, 0.5) is 20.3 Å². The Labute approximate surface area is 144 Å². The minimum Gasteiger partial charge on any atom is -0.385 e. The number of nitrogens with two attached hydrogens (primary N) is 1. The van der Waals surface area contributed by atoms with Gasteiger partial charge < -0.3 is 11.1 Å². The number of ketones is 1. The van der Waals surface area contributed by atoms with Crippen LogP contribution in [-0.2, 0) is 17.6 Å². The molecule has 25 heavy (non-hydrogen) atoms. The van der Waals surface area contributed by atoms with E-state index in [1.807, 2.05) is 0 Å². The van der Waals surface area contributed by atoms with E-state index in [1.54, 1.807) is 18.3 Å². The predicted octanol–water partition coefficient (Wildman–Crippen LogP) is 3.15. The van der Waals surface area contributed by atoms with Crippen molar-refractivity contribution in [2.45, 2.75) is 32.1 Å². The van der Waals surface area contributed by atoms with E-state index in [1.165, 1.54) is 13.2 Å². The van der Waals surface area contributed by atoms with Crippen LogP contribution in [0.1, 0.15) is 41.7 Å². The van der Waals surface area contributed by atoms with Gasteiger partial charge in [0.2, 0.25) is 0 Å². The van der Waals surface area contributed by atoms with E-state index >= 15 is 0 Å². The highest BCUT2D eigenvalue weighted by Gasteiger charge is 2.29. The number of alkyl halides is 2. The molecule has 3 rings (SSSR count). The summed E-state index contributed by atoms with van der Waals surface area (Å²) in [6.45, 7) is 0. The van der Waals surface area contributed by atoms with Gasteiger partial charge in [0.1, 0.15) is 11.6 Å². The van der Waals surface area contributed by atoms with E-state index in [0.29, 0.717) is 17.7 Å². The van der Waals surface area contributed by atoms with Crippen LogP contribution < -0.4 is 11.1 Å². The van der Waals surface area contributed by atoms with Crippen molar-refractivity contribution in [3.8, 4) is 0 Å². The fourth-order valence-corrected chi connectivity index (χ4v) is 2.92. The lowest BCUT2D eigenvalue weighted by molar-refractivity contribution is -0.119. The lowest BCUT2D eigenvalue weighted by Gasteiger charge is -2.15. The molecule has 0 unspecified atom stereocenters. The fourth-order valence-electron chi connectivity index (χ4n) is 2.92. The number of aromatic nitrogens is 2. The summed E-state index contributed by atoms with van der Waals surface area (Å²) in [6, 6.07) is 3.56. The van der Waals surface area contributed by atoms with Crippen molar-refractivity contribution in [2.24, 2.45) is 5.92 Å². The topological polar surface area (TPSA) is 80.9 Å². The third kappa shape index (κ3) is 3.92. The maximum Gasteiger partial charge on any atom is 0.266 e. The number of carbonyl (C=O) groups excluding carboxylic acids is 1. The van der Waals surface area contributed by atoms with Crippen LogP contribution in [-0.4, -0.2) is 22.8 Å². The van der Waals surface area contributed by atoms with Crippen LogP contribution in [0.3, 0.4) is 0 Å². The minimum atomic E-state index is -2.67. The Morgan fingerprint density at radius 1 is 1.40 bits per heavy atom. The monoisotopic (exact) mass is 346 g/mol. The molecule has 7 heteroatoms. The Morgan fingerprint density at radius 2 is 2.16 bits per heavy atom. The summed E-state index contributed by atoms with van der Waals surface area (Å²) in [5.41, 5.74) is 7.60. The van der Waals surface area contributed by atoms with Crippen LogP contribution >= 0.6 is 0 Å². The molecule has 1 fully saturated rings. The van der Waals surface area contributed by atoms with Crippen molar-refractivity contribution < 1.29 is 13.6 Å². The first kappa shape index (κ1) is 17.3. The van der Waals surface area contributed by atoms with E-state index in [-0.39, 0.29) is 35.2 Å². The van der Waals surface area contributed by atoms with Crippen molar-refractivity contribution in [1.82, 2.24) is 9.97 Å². The summed E-state index contributed by atoms with van der Waals surface area (Å²) in [4.78, 5) is 20.2. The summed E-state index contributed by atoms with van der Waals surface area (Å²) in [6.07, 6.45) is 2.81.